The predicted molar refractivity (Wildman–Crippen MR) is 79.6 cm³/mol. The second-order valence-electron chi connectivity index (χ2n) is 6.26. The quantitative estimate of drug-likeness (QED) is 0.883. The molecule has 20 heavy (non-hydrogen) atoms. The number of amides is 1. The first-order valence-corrected chi connectivity index (χ1v) is 7.82. The van der Waals surface area contributed by atoms with Crippen molar-refractivity contribution in [3.05, 3.63) is 23.0 Å². The Morgan fingerprint density at radius 3 is 2.85 bits per heavy atom. The first-order chi connectivity index (χ1) is 9.66. The highest BCUT2D eigenvalue weighted by Gasteiger charge is 2.27. The molecular weight excluding hydrogens is 250 g/mol. The molecule has 2 heterocycles. The summed E-state index contributed by atoms with van der Waals surface area (Å²) in [6.45, 7) is 6.89. The van der Waals surface area contributed by atoms with Gasteiger partial charge in [0.15, 0.2) is 0 Å². The van der Waals surface area contributed by atoms with Crippen LogP contribution in [0.25, 0.3) is 0 Å². The van der Waals surface area contributed by atoms with Crippen LogP contribution in [0, 0.1) is 19.8 Å². The molecule has 1 saturated heterocycles. The minimum absolute atomic E-state index is 0.149. The molecule has 1 aliphatic carbocycles. The van der Waals surface area contributed by atoms with Gasteiger partial charge in [0.25, 0.3) is 0 Å². The average molecular weight is 275 g/mol. The first kappa shape index (κ1) is 13.7. The van der Waals surface area contributed by atoms with Gasteiger partial charge in [0, 0.05) is 30.5 Å². The minimum Gasteiger partial charge on any atom is -0.352 e. The molecule has 1 aromatic heterocycles. The van der Waals surface area contributed by atoms with E-state index < -0.39 is 0 Å². The van der Waals surface area contributed by atoms with Crippen molar-refractivity contribution in [1.29, 1.82) is 0 Å². The lowest BCUT2D eigenvalue weighted by molar-refractivity contribution is -0.125. The number of aromatic nitrogens is 1. The monoisotopic (exact) mass is 275 g/mol. The number of aryl methyl sites for hydroxylation is 1. The van der Waals surface area contributed by atoms with E-state index in [2.05, 4.69) is 35.1 Å². The third-order valence-corrected chi connectivity index (χ3v) is 4.62. The van der Waals surface area contributed by atoms with Crippen LogP contribution < -0.4 is 10.6 Å². The van der Waals surface area contributed by atoms with Gasteiger partial charge in [-0.05, 0) is 57.7 Å². The summed E-state index contributed by atoms with van der Waals surface area (Å²) in [5.74, 6) is 0.351. The van der Waals surface area contributed by atoms with E-state index in [9.17, 15) is 4.79 Å². The van der Waals surface area contributed by atoms with Crippen molar-refractivity contribution in [2.24, 2.45) is 5.92 Å². The molecule has 4 heteroatoms. The van der Waals surface area contributed by atoms with Crippen molar-refractivity contribution in [2.75, 3.05) is 13.1 Å². The molecule has 1 aliphatic heterocycles. The molecule has 1 amide bonds. The molecule has 3 rings (SSSR count). The first-order valence-electron chi connectivity index (χ1n) is 7.82. The summed E-state index contributed by atoms with van der Waals surface area (Å²) in [6, 6.07) is 2.94. The van der Waals surface area contributed by atoms with Crippen molar-refractivity contribution < 1.29 is 4.79 Å². The van der Waals surface area contributed by atoms with Crippen LogP contribution in [-0.4, -0.2) is 23.6 Å². The van der Waals surface area contributed by atoms with Gasteiger partial charge in [-0.2, -0.15) is 0 Å². The number of carbonyl (C=O) groups excluding carboxylic acids is 1. The SMILES string of the molecule is Cc1cc(CNC(=O)C2CCCNC2)c(C)n1C1CC1. The minimum atomic E-state index is 0.149. The Balaban J connectivity index is 1.60. The molecular formula is C16H25N3O. The van der Waals surface area contributed by atoms with Crippen molar-refractivity contribution in [3.63, 3.8) is 0 Å². The van der Waals surface area contributed by atoms with Gasteiger partial charge in [-0.25, -0.2) is 0 Å². The van der Waals surface area contributed by atoms with Gasteiger partial charge < -0.3 is 15.2 Å². The Labute approximate surface area is 120 Å². The van der Waals surface area contributed by atoms with E-state index in [1.165, 1.54) is 29.8 Å². The fraction of sp³-hybridized carbons (Fsp3) is 0.688. The molecule has 2 N–H and O–H groups in total. The van der Waals surface area contributed by atoms with Crippen molar-refractivity contribution in [1.82, 2.24) is 15.2 Å². The molecule has 1 aromatic rings. The Morgan fingerprint density at radius 2 is 2.20 bits per heavy atom. The van der Waals surface area contributed by atoms with E-state index in [4.69, 9.17) is 0 Å². The van der Waals surface area contributed by atoms with E-state index in [1.807, 2.05) is 0 Å². The van der Waals surface area contributed by atoms with Gasteiger partial charge in [-0.15, -0.1) is 0 Å². The van der Waals surface area contributed by atoms with E-state index >= 15 is 0 Å². The standard InChI is InChI=1S/C16H25N3O/c1-11-8-14(12(2)19(11)15-5-6-15)10-18-16(20)13-4-3-7-17-9-13/h8,13,15,17H,3-7,9-10H2,1-2H3,(H,18,20). The van der Waals surface area contributed by atoms with Gasteiger partial charge in [0.05, 0.1) is 5.92 Å². The van der Waals surface area contributed by atoms with Crippen molar-refractivity contribution in [2.45, 2.75) is 52.1 Å². The number of piperidine rings is 1. The maximum absolute atomic E-state index is 12.2. The van der Waals surface area contributed by atoms with Gasteiger partial charge in [-0.1, -0.05) is 0 Å². The Bertz CT molecular complexity index is 496. The summed E-state index contributed by atoms with van der Waals surface area (Å²) < 4.78 is 2.43. The maximum Gasteiger partial charge on any atom is 0.224 e. The van der Waals surface area contributed by atoms with Crippen LogP contribution in [0.2, 0.25) is 0 Å². The third kappa shape index (κ3) is 2.75. The molecule has 1 unspecified atom stereocenters. The summed E-state index contributed by atoms with van der Waals surface area (Å²) in [5.41, 5.74) is 3.92. The summed E-state index contributed by atoms with van der Waals surface area (Å²) in [4.78, 5) is 12.2. The van der Waals surface area contributed by atoms with Crippen LogP contribution in [0.4, 0.5) is 0 Å². The van der Waals surface area contributed by atoms with Crippen LogP contribution in [0.1, 0.15) is 48.7 Å². The smallest absolute Gasteiger partial charge is 0.224 e. The molecule has 0 bridgehead atoms. The third-order valence-electron chi connectivity index (χ3n) is 4.62. The maximum atomic E-state index is 12.2. The van der Waals surface area contributed by atoms with Crippen LogP contribution >= 0.6 is 0 Å². The largest absolute Gasteiger partial charge is 0.352 e. The molecule has 1 saturated carbocycles. The second-order valence-corrected chi connectivity index (χ2v) is 6.26. The number of hydrogen-bond acceptors (Lipinski definition) is 2. The number of hydrogen-bond donors (Lipinski definition) is 2. The average Bonchev–Trinajstić information content (AvgIpc) is 3.24. The molecule has 2 fully saturated rings. The van der Waals surface area contributed by atoms with E-state index in [-0.39, 0.29) is 11.8 Å². The zero-order valence-electron chi connectivity index (χ0n) is 12.5. The molecule has 110 valence electrons. The molecule has 0 spiro atoms. The number of rotatable bonds is 4. The molecule has 2 aliphatic rings. The highest BCUT2D eigenvalue weighted by atomic mass is 16.1. The van der Waals surface area contributed by atoms with E-state index in [0.717, 1.165) is 25.9 Å². The number of carbonyl (C=O) groups is 1. The van der Waals surface area contributed by atoms with Crippen LogP contribution in [-0.2, 0) is 11.3 Å². The topological polar surface area (TPSA) is 46.1 Å². The van der Waals surface area contributed by atoms with Gasteiger partial charge in [0.2, 0.25) is 5.91 Å². The fourth-order valence-electron chi connectivity index (χ4n) is 3.32. The molecule has 0 aromatic carbocycles. The zero-order valence-corrected chi connectivity index (χ0v) is 12.5. The molecule has 4 nitrogen and oxygen atoms in total. The van der Waals surface area contributed by atoms with Crippen LogP contribution in [0.5, 0.6) is 0 Å². The van der Waals surface area contributed by atoms with Gasteiger partial charge in [0.1, 0.15) is 0 Å². The lowest BCUT2D eigenvalue weighted by atomic mass is 9.99. The Kier molecular flexibility index (Phi) is 3.83. The summed E-state index contributed by atoms with van der Waals surface area (Å²) in [7, 11) is 0. The lowest BCUT2D eigenvalue weighted by Crippen LogP contribution is -2.40. The van der Waals surface area contributed by atoms with E-state index in [1.54, 1.807) is 0 Å². The lowest BCUT2D eigenvalue weighted by Gasteiger charge is -2.21. The fourth-order valence-corrected chi connectivity index (χ4v) is 3.32. The Hall–Kier alpha value is -1.29. The van der Waals surface area contributed by atoms with Crippen LogP contribution in [0.15, 0.2) is 6.07 Å². The van der Waals surface area contributed by atoms with Crippen LogP contribution in [0.3, 0.4) is 0 Å². The second kappa shape index (κ2) is 5.60. The Morgan fingerprint density at radius 1 is 1.40 bits per heavy atom. The van der Waals surface area contributed by atoms with Gasteiger partial charge in [-0.3, -0.25) is 4.79 Å². The summed E-state index contributed by atoms with van der Waals surface area (Å²) >= 11 is 0. The van der Waals surface area contributed by atoms with Crippen molar-refractivity contribution in [3.8, 4) is 0 Å². The molecule has 1 atom stereocenters. The van der Waals surface area contributed by atoms with Crippen molar-refractivity contribution >= 4 is 5.91 Å². The highest BCUT2D eigenvalue weighted by Crippen LogP contribution is 2.38. The molecule has 0 radical (unpaired) electrons. The normalized spacial score (nSPS) is 22.8. The predicted octanol–water partition coefficient (Wildman–Crippen LogP) is 2.06. The number of nitrogens with one attached hydrogen (secondary N) is 2. The summed E-state index contributed by atoms with van der Waals surface area (Å²) in [5, 5.41) is 6.41. The summed E-state index contributed by atoms with van der Waals surface area (Å²) in [6.07, 6.45) is 4.72. The highest BCUT2D eigenvalue weighted by molar-refractivity contribution is 5.79. The number of nitrogens with zero attached hydrogens (tertiary/aromatic N) is 1. The zero-order chi connectivity index (χ0) is 14.1. The van der Waals surface area contributed by atoms with E-state index in [0.29, 0.717) is 12.6 Å². The van der Waals surface area contributed by atoms with Gasteiger partial charge >= 0.3 is 0 Å².